The summed E-state index contributed by atoms with van der Waals surface area (Å²) in [6, 6.07) is 11.1. The predicted molar refractivity (Wildman–Crippen MR) is 110 cm³/mol. The number of nitriles is 1. The van der Waals surface area contributed by atoms with E-state index in [2.05, 4.69) is 10.3 Å². The molecule has 2 bridgehead atoms. The average Bonchev–Trinajstić information content (AvgIpc) is 3.03. The molecule has 1 N–H and O–H groups in total. The molecule has 0 saturated carbocycles. The third-order valence-corrected chi connectivity index (χ3v) is 7.57. The van der Waals surface area contributed by atoms with Crippen molar-refractivity contribution in [1.29, 1.82) is 5.26 Å². The molecule has 162 valence electrons. The second-order valence-electron chi connectivity index (χ2n) is 7.45. The molecule has 1 aromatic heterocycles. The Hall–Kier alpha value is -3.00. The van der Waals surface area contributed by atoms with Crippen molar-refractivity contribution in [1.82, 2.24) is 14.6 Å². The lowest BCUT2D eigenvalue weighted by molar-refractivity contribution is -0.154. The molecule has 9 nitrogen and oxygen atoms in total. The maximum atomic E-state index is 13.5. The van der Waals surface area contributed by atoms with E-state index in [1.807, 2.05) is 6.07 Å². The highest BCUT2D eigenvalue weighted by atomic mass is 32.2. The van der Waals surface area contributed by atoms with Crippen molar-refractivity contribution < 1.29 is 22.7 Å². The number of sulfonamides is 1. The Morgan fingerprint density at radius 3 is 2.74 bits per heavy atom. The summed E-state index contributed by atoms with van der Waals surface area (Å²) in [7, 11) is -3.98. The number of nitrogens with one attached hydrogen (secondary N) is 1. The second kappa shape index (κ2) is 8.26. The highest BCUT2D eigenvalue weighted by molar-refractivity contribution is 7.89. The Kier molecular flexibility index (Phi) is 5.66. The number of aromatic nitrogens is 1. The van der Waals surface area contributed by atoms with Gasteiger partial charge in [-0.15, -0.1) is 0 Å². The normalized spacial score (nSPS) is 23.2. The van der Waals surface area contributed by atoms with Crippen LogP contribution in [0.4, 0.5) is 0 Å². The fraction of sp³-hybridized carbons (Fsp3) is 0.381. The number of nitrogens with zero attached hydrogens (tertiary/aromatic N) is 3. The number of carbonyl (C=O) groups excluding carboxylic acids is 1. The van der Waals surface area contributed by atoms with Crippen LogP contribution in [0.1, 0.15) is 25.3 Å². The summed E-state index contributed by atoms with van der Waals surface area (Å²) < 4.78 is 39.1. The van der Waals surface area contributed by atoms with Crippen molar-refractivity contribution in [3.8, 4) is 17.7 Å². The van der Waals surface area contributed by atoms with Gasteiger partial charge in [-0.1, -0.05) is 0 Å². The van der Waals surface area contributed by atoms with Crippen LogP contribution in [0, 0.1) is 11.3 Å². The minimum Gasteiger partial charge on any atom is -0.465 e. The van der Waals surface area contributed by atoms with Gasteiger partial charge in [0, 0.05) is 25.2 Å². The zero-order valence-electron chi connectivity index (χ0n) is 16.9. The molecule has 10 heteroatoms. The molecule has 2 fully saturated rings. The van der Waals surface area contributed by atoms with Crippen molar-refractivity contribution in [3.63, 3.8) is 0 Å². The molecular weight excluding hydrogens is 420 g/mol. The first-order chi connectivity index (χ1) is 14.9. The van der Waals surface area contributed by atoms with E-state index in [0.717, 1.165) is 0 Å². The fourth-order valence-electron chi connectivity index (χ4n) is 4.15. The summed E-state index contributed by atoms with van der Waals surface area (Å²) in [5.74, 6) is 0.164. The Morgan fingerprint density at radius 1 is 1.32 bits per heavy atom. The van der Waals surface area contributed by atoms with Crippen LogP contribution in [0.15, 0.2) is 47.5 Å². The first kappa shape index (κ1) is 21.2. The van der Waals surface area contributed by atoms with E-state index < -0.39 is 21.5 Å². The summed E-state index contributed by atoms with van der Waals surface area (Å²) >= 11 is 0. The Balaban J connectivity index is 1.59. The second-order valence-corrected chi connectivity index (χ2v) is 9.26. The van der Waals surface area contributed by atoms with E-state index in [0.29, 0.717) is 30.7 Å². The monoisotopic (exact) mass is 442 g/mol. The van der Waals surface area contributed by atoms with E-state index >= 15 is 0 Å². The number of ether oxygens (including phenoxy) is 2. The van der Waals surface area contributed by atoms with Crippen LogP contribution in [0.5, 0.6) is 11.6 Å². The number of hydrogen-bond donors (Lipinski definition) is 1. The van der Waals surface area contributed by atoms with Gasteiger partial charge in [0.1, 0.15) is 16.2 Å². The molecule has 4 rings (SSSR count). The minimum atomic E-state index is -3.98. The van der Waals surface area contributed by atoms with Gasteiger partial charge in [-0.3, -0.25) is 0 Å². The number of esters is 1. The molecule has 2 aliphatic heterocycles. The molecule has 2 atom stereocenters. The molecule has 0 radical (unpaired) electrons. The van der Waals surface area contributed by atoms with Gasteiger partial charge in [-0.2, -0.15) is 9.57 Å². The van der Waals surface area contributed by atoms with E-state index in [1.165, 1.54) is 22.6 Å². The summed E-state index contributed by atoms with van der Waals surface area (Å²) in [5, 5.41) is 12.0. The number of benzene rings is 1. The van der Waals surface area contributed by atoms with Gasteiger partial charge in [-0.25, -0.2) is 18.2 Å². The minimum absolute atomic E-state index is 0.0119. The van der Waals surface area contributed by atoms with E-state index in [9.17, 15) is 13.2 Å². The van der Waals surface area contributed by atoms with Crippen LogP contribution < -0.4 is 10.1 Å². The Bertz CT molecular complexity index is 1110. The molecule has 2 aromatic rings. The summed E-state index contributed by atoms with van der Waals surface area (Å²) in [5.41, 5.74) is -0.738. The SMILES string of the molecule is CCOC(=O)C12CCC(CNC1)N2S(=O)(=O)c1ccc(Oc2ccc(C#N)cc2)nc1. The standard InChI is InChI=1S/C21H22N4O5S/c1-2-29-20(26)21-10-9-16(12-23-14-21)25(21)31(27,28)18-7-8-19(24-13-18)30-17-5-3-15(11-22)4-6-17/h3-8,13,16,23H,2,9-10,12,14H2,1H3. The van der Waals surface area contributed by atoms with Crippen molar-refractivity contribution in [2.24, 2.45) is 0 Å². The van der Waals surface area contributed by atoms with E-state index in [4.69, 9.17) is 14.7 Å². The fourth-order valence-corrected chi connectivity index (χ4v) is 6.06. The number of rotatable bonds is 6. The topological polar surface area (TPSA) is 122 Å². The molecular formula is C21H22N4O5S. The van der Waals surface area contributed by atoms with Crippen LogP contribution in [0.2, 0.25) is 0 Å². The van der Waals surface area contributed by atoms with Crippen LogP contribution in [-0.2, 0) is 19.6 Å². The van der Waals surface area contributed by atoms with Gasteiger partial charge in [-0.05, 0) is 50.1 Å². The molecule has 0 amide bonds. The van der Waals surface area contributed by atoms with Gasteiger partial charge >= 0.3 is 5.97 Å². The van der Waals surface area contributed by atoms with Crippen LogP contribution in [-0.4, -0.2) is 55.0 Å². The number of hydrogen-bond acceptors (Lipinski definition) is 8. The van der Waals surface area contributed by atoms with Gasteiger partial charge in [0.2, 0.25) is 15.9 Å². The first-order valence-corrected chi connectivity index (χ1v) is 11.4. The summed E-state index contributed by atoms with van der Waals surface area (Å²) in [6.45, 7) is 2.58. The smallest absolute Gasteiger partial charge is 0.328 e. The summed E-state index contributed by atoms with van der Waals surface area (Å²) in [6.07, 6.45) is 2.23. The predicted octanol–water partition coefficient (Wildman–Crippen LogP) is 1.80. The third-order valence-electron chi connectivity index (χ3n) is 5.57. The molecule has 3 heterocycles. The number of carbonyl (C=O) groups is 1. The van der Waals surface area contributed by atoms with Crippen LogP contribution in [0.25, 0.3) is 0 Å². The van der Waals surface area contributed by atoms with Crippen LogP contribution in [0.3, 0.4) is 0 Å². The van der Waals surface area contributed by atoms with Gasteiger partial charge < -0.3 is 14.8 Å². The highest BCUT2D eigenvalue weighted by Gasteiger charge is 2.60. The number of piperazine rings is 1. The van der Waals surface area contributed by atoms with Crippen molar-refractivity contribution in [2.45, 2.75) is 36.2 Å². The molecule has 2 unspecified atom stereocenters. The van der Waals surface area contributed by atoms with Gasteiger partial charge in [0.15, 0.2) is 0 Å². The average molecular weight is 442 g/mol. The Morgan fingerprint density at radius 2 is 2.10 bits per heavy atom. The maximum absolute atomic E-state index is 13.5. The van der Waals surface area contributed by atoms with E-state index in [-0.39, 0.29) is 30.0 Å². The molecule has 2 aliphatic rings. The molecule has 2 saturated heterocycles. The molecule has 1 aromatic carbocycles. The summed E-state index contributed by atoms with van der Waals surface area (Å²) in [4.78, 5) is 16.9. The quantitative estimate of drug-likeness (QED) is 0.672. The maximum Gasteiger partial charge on any atom is 0.328 e. The van der Waals surface area contributed by atoms with Crippen molar-refractivity contribution in [3.05, 3.63) is 48.2 Å². The molecule has 31 heavy (non-hydrogen) atoms. The lowest BCUT2D eigenvalue weighted by atomic mass is 9.98. The molecule has 0 aliphatic carbocycles. The highest BCUT2D eigenvalue weighted by Crippen LogP contribution is 2.41. The van der Waals surface area contributed by atoms with E-state index in [1.54, 1.807) is 31.2 Å². The zero-order valence-corrected chi connectivity index (χ0v) is 17.8. The lowest BCUT2D eigenvalue weighted by Crippen LogP contribution is -2.66. The molecule has 0 spiro atoms. The number of pyridine rings is 1. The first-order valence-electron chi connectivity index (χ1n) is 9.97. The lowest BCUT2D eigenvalue weighted by Gasteiger charge is -2.41. The number of fused-ring (bicyclic) bond motifs is 2. The van der Waals surface area contributed by atoms with Crippen LogP contribution >= 0.6 is 0 Å². The van der Waals surface area contributed by atoms with Gasteiger partial charge in [0.25, 0.3) is 0 Å². The van der Waals surface area contributed by atoms with Gasteiger partial charge in [0.05, 0.1) is 24.4 Å². The zero-order chi connectivity index (χ0) is 22.1. The van der Waals surface area contributed by atoms with Crippen molar-refractivity contribution in [2.75, 3.05) is 19.7 Å². The van der Waals surface area contributed by atoms with Crippen molar-refractivity contribution >= 4 is 16.0 Å². The Labute approximate surface area is 180 Å². The third kappa shape index (κ3) is 3.76. The largest absolute Gasteiger partial charge is 0.465 e.